The van der Waals surface area contributed by atoms with E-state index in [4.69, 9.17) is 11.6 Å². The van der Waals surface area contributed by atoms with Crippen LogP contribution in [0.2, 0.25) is 5.02 Å². The van der Waals surface area contributed by atoms with Crippen molar-refractivity contribution in [2.24, 2.45) is 11.8 Å². The van der Waals surface area contributed by atoms with Crippen molar-refractivity contribution in [3.63, 3.8) is 0 Å². The molecule has 0 aliphatic heterocycles. The van der Waals surface area contributed by atoms with Crippen molar-refractivity contribution in [2.45, 2.75) is 44.9 Å². The summed E-state index contributed by atoms with van der Waals surface area (Å²) in [6.07, 6.45) is 5.18. The number of carboxylic acids is 1. The largest absolute Gasteiger partial charge is 0.481 e. The lowest BCUT2D eigenvalue weighted by molar-refractivity contribution is -0.143. The van der Waals surface area contributed by atoms with E-state index < -0.39 is 5.97 Å². The summed E-state index contributed by atoms with van der Waals surface area (Å²) >= 11 is 6.04. The molecule has 3 unspecified atom stereocenters. The molecule has 0 spiro atoms. The van der Waals surface area contributed by atoms with Crippen molar-refractivity contribution in [1.82, 2.24) is 0 Å². The first-order valence-electron chi connectivity index (χ1n) is 7.10. The van der Waals surface area contributed by atoms with E-state index in [1.807, 2.05) is 24.3 Å². The third kappa shape index (κ3) is 3.50. The molecule has 3 heteroatoms. The first kappa shape index (κ1) is 14.4. The average Bonchev–Trinajstić information content (AvgIpc) is 2.39. The molecule has 0 heterocycles. The number of aliphatic carboxylic acids is 1. The summed E-state index contributed by atoms with van der Waals surface area (Å²) in [6, 6.07) is 7.70. The van der Waals surface area contributed by atoms with Crippen molar-refractivity contribution >= 4 is 17.6 Å². The standard InChI is InChI=1S/C16H21ClO2/c1-2-4-11-7-8-14(16(18)19)15(9-11)12-5-3-6-13(17)10-12/h3,5-6,10-11,14-15H,2,4,7-9H2,1H3,(H,18,19). The number of carbonyl (C=O) groups is 1. The molecule has 1 aliphatic rings. The minimum atomic E-state index is -0.667. The van der Waals surface area contributed by atoms with Gasteiger partial charge in [0, 0.05) is 5.02 Å². The predicted molar refractivity (Wildman–Crippen MR) is 77.6 cm³/mol. The number of benzene rings is 1. The van der Waals surface area contributed by atoms with Crippen LogP contribution < -0.4 is 0 Å². The summed E-state index contributed by atoms with van der Waals surface area (Å²) in [5.74, 6) is -0.155. The Labute approximate surface area is 119 Å². The molecule has 0 aromatic heterocycles. The molecule has 1 fully saturated rings. The Morgan fingerprint density at radius 2 is 2.21 bits per heavy atom. The summed E-state index contributed by atoms with van der Waals surface area (Å²) < 4.78 is 0. The number of rotatable bonds is 4. The molecule has 0 bridgehead atoms. The van der Waals surface area contributed by atoms with Crippen molar-refractivity contribution in [3.8, 4) is 0 Å². The van der Waals surface area contributed by atoms with Crippen molar-refractivity contribution in [2.75, 3.05) is 0 Å². The van der Waals surface area contributed by atoms with Gasteiger partial charge in [0.2, 0.25) is 0 Å². The monoisotopic (exact) mass is 280 g/mol. The molecule has 2 nitrogen and oxygen atoms in total. The molecule has 1 saturated carbocycles. The third-order valence-corrected chi connectivity index (χ3v) is 4.48. The lowest BCUT2D eigenvalue weighted by Crippen LogP contribution is -2.29. The Bertz CT molecular complexity index is 444. The molecule has 1 aromatic carbocycles. The molecular formula is C16H21ClO2. The predicted octanol–water partition coefficient (Wildman–Crippen LogP) is 4.72. The SMILES string of the molecule is CCCC1CCC(C(=O)O)C(c2cccc(Cl)c2)C1. The van der Waals surface area contributed by atoms with E-state index >= 15 is 0 Å². The summed E-state index contributed by atoms with van der Waals surface area (Å²) in [4.78, 5) is 11.5. The van der Waals surface area contributed by atoms with Crippen LogP contribution in [0.25, 0.3) is 0 Å². The fraction of sp³-hybridized carbons (Fsp3) is 0.562. The van der Waals surface area contributed by atoms with Crippen LogP contribution in [0.5, 0.6) is 0 Å². The van der Waals surface area contributed by atoms with E-state index in [2.05, 4.69) is 6.92 Å². The van der Waals surface area contributed by atoms with Gasteiger partial charge in [-0.3, -0.25) is 4.79 Å². The van der Waals surface area contributed by atoms with Gasteiger partial charge in [0.05, 0.1) is 5.92 Å². The normalized spacial score (nSPS) is 27.2. The highest BCUT2D eigenvalue weighted by Gasteiger charge is 2.35. The van der Waals surface area contributed by atoms with Crippen LogP contribution in [0.4, 0.5) is 0 Å². The van der Waals surface area contributed by atoms with Crippen molar-refractivity contribution in [1.29, 1.82) is 0 Å². The van der Waals surface area contributed by atoms with Gasteiger partial charge >= 0.3 is 5.97 Å². The average molecular weight is 281 g/mol. The van der Waals surface area contributed by atoms with Gasteiger partial charge in [-0.1, -0.05) is 43.5 Å². The summed E-state index contributed by atoms with van der Waals surface area (Å²) in [5, 5.41) is 10.1. The maximum Gasteiger partial charge on any atom is 0.307 e. The molecule has 0 saturated heterocycles. The summed E-state index contributed by atoms with van der Waals surface area (Å²) in [5.41, 5.74) is 1.08. The second kappa shape index (κ2) is 6.42. The molecule has 3 atom stereocenters. The third-order valence-electron chi connectivity index (χ3n) is 4.25. The molecular weight excluding hydrogens is 260 g/mol. The molecule has 2 rings (SSSR count). The molecule has 1 aliphatic carbocycles. The van der Waals surface area contributed by atoms with Gasteiger partial charge in [0.15, 0.2) is 0 Å². The van der Waals surface area contributed by atoms with Gasteiger partial charge in [-0.05, 0) is 48.8 Å². The minimum absolute atomic E-state index is 0.112. The Balaban J connectivity index is 2.22. The van der Waals surface area contributed by atoms with E-state index in [-0.39, 0.29) is 11.8 Å². The van der Waals surface area contributed by atoms with E-state index in [1.165, 1.54) is 12.8 Å². The molecule has 0 radical (unpaired) electrons. The zero-order chi connectivity index (χ0) is 13.8. The van der Waals surface area contributed by atoms with Crippen LogP contribution >= 0.6 is 11.6 Å². The Kier molecular flexibility index (Phi) is 4.87. The van der Waals surface area contributed by atoms with E-state index in [9.17, 15) is 9.90 Å². The molecule has 19 heavy (non-hydrogen) atoms. The second-order valence-corrected chi connectivity index (χ2v) is 6.01. The second-order valence-electron chi connectivity index (χ2n) is 5.57. The van der Waals surface area contributed by atoms with Crippen LogP contribution in [0.1, 0.15) is 50.5 Å². The zero-order valence-corrected chi connectivity index (χ0v) is 12.1. The van der Waals surface area contributed by atoms with Crippen molar-refractivity contribution in [3.05, 3.63) is 34.9 Å². The number of carboxylic acid groups (broad SMARTS) is 1. The lowest BCUT2D eigenvalue weighted by atomic mass is 9.70. The van der Waals surface area contributed by atoms with Crippen LogP contribution in [0.15, 0.2) is 24.3 Å². The Morgan fingerprint density at radius 3 is 2.84 bits per heavy atom. The zero-order valence-electron chi connectivity index (χ0n) is 11.3. The van der Waals surface area contributed by atoms with Crippen LogP contribution in [0.3, 0.4) is 0 Å². The van der Waals surface area contributed by atoms with Gasteiger partial charge < -0.3 is 5.11 Å². The van der Waals surface area contributed by atoms with E-state index in [1.54, 1.807) is 0 Å². The number of hydrogen-bond acceptors (Lipinski definition) is 1. The highest BCUT2D eigenvalue weighted by Crippen LogP contribution is 2.42. The Hall–Kier alpha value is -1.02. The summed E-state index contributed by atoms with van der Waals surface area (Å²) in [6.45, 7) is 2.19. The minimum Gasteiger partial charge on any atom is -0.481 e. The Morgan fingerprint density at radius 1 is 1.42 bits per heavy atom. The van der Waals surface area contributed by atoms with Crippen LogP contribution in [0, 0.1) is 11.8 Å². The first-order chi connectivity index (χ1) is 9.11. The van der Waals surface area contributed by atoms with Gasteiger partial charge in [-0.15, -0.1) is 0 Å². The van der Waals surface area contributed by atoms with E-state index in [0.29, 0.717) is 10.9 Å². The quantitative estimate of drug-likeness (QED) is 0.866. The van der Waals surface area contributed by atoms with Gasteiger partial charge in [-0.2, -0.15) is 0 Å². The van der Waals surface area contributed by atoms with Crippen molar-refractivity contribution < 1.29 is 9.90 Å². The summed E-state index contributed by atoms with van der Waals surface area (Å²) in [7, 11) is 0. The maximum atomic E-state index is 11.5. The topological polar surface area (TPSA) is 37.3 Å². The first-order valence-corrected chi connectivity index (χ1v) is 7.48. The van der Waals surface area contributed by atoms with Crippen LogP contribution in [-0.4, -0.2) is 11.1 Å². The number of hydrogen-bond donors (Lipinski definition) is 1. The van der Waals surface area contributed by atoms with Gasteiger partial charge in [0.1, 0.15) is 0 Å². The molecule has 0 amide bonds. The molecule has 1 N–H and O–H groups in total. The fourth-order valence-corrected chi connectivity index (χ4v) is 3.53. The van der Waals surface area contributed by atoms with Crippen LogP contribution in [-0.2, 0) is 4.79 Å². The highest BCUT2D eigenvalue weighted by molar-refractivity contribution is 6.30. The highest BCUT2D eigenvalue weighted by atomic mass is 35.5. The smallest absolute Gasteiger partial charge is 0.307 e. The van der Waals surface area contributed by atoms with Gasteiger partial charge in [0.25, 0.3) is 0 Å². The molecule has 1 aromatic rings. The van der Waals surface area contributed by atoms with Gasteiger partial charge in [-0.25, -0.2) is 0 Å². The molecule has 104 valence electrons. The lowest BCUT2D eigenvalue weighted by Gasteiger charge is -2.34. The van der Waals surface area contributed by atoms with E-state index in [0.717, 1.165) is 24.8 Å². The maximum absolute atomic E-state index is 11.5. The number of halogens is 1. The fourth-order valence-electron chi connectivity index (χ4n) is 3.33.